The molecule has 0 aliphatic heterocycles. The van der Waals surface area contributed by atoms with Crippen LogP contribution in [0.25, 0.3) is 0 Å². The summed E-state index contributed by atoms with van der Waals surface area (Å²) in [4.78, 5) is 0. The molecular formula is C7H11Cl2Hf. The second-order valence-electron chi connectivity index (χ2n) is 2.30. The van der Waals surface area contributed by atoms with Crippen molar-refractivity contribution in [1.82, 2.24) is 0 Å². The summed E-state index contributed by atoms with van der Waals surface area (Å²) >= 11 is 1.23. The van der Waals surface area contributed by atoms with Crippen molar-refractivity contribution >= 4 is 24.8 Å². The molecule has 1 aliphatic rings. The predicted octanol–water partition coefficient (Wildman–Crippen LogP) is 2.86. The molecule has 0 radical (unpaired) electrons. The SMILES string of the molecule is CC1=CC(C)[C]([Hf])=C1.Cl.Cl. The summed E-state index contributed by atoms with van der Waals surface area (Å²) in [6.45, 7) is 4.43. The van der Waals surface area contributed by atoms with E-state index in [4.69, 9.17) is 0 Å². The molecule has 0 bridgehead atoms. The van der Waals surface area contributed by atoms with Gasteiger partial charge in [0.15, 0.2) is 0 Å². The molecule has 0 amide bonds. The molecular weight excluding hydrogens is 333 g/mol. The van der Waals surface area contributed by atoms with Crippen molar-refractivity contribution in [3.8, 4) is 0 Å². The fourth-order valence-corrected chi connectivity index (χ4v) is 2.03. The van der Waals surface area contributed by atoms with Gasteiger partial charge >= 0.3 is 65.2 Å². The second kappa shape index (κ2) is 5.56. The number of hydrogen-bond acceptors (Lipinski definition) is 0. The minimum atomic E-state index is 0. The first kappa shape index (κ1) is 13.5. The Labute approximate surface area is 89.5 Å². The molecule has 1 rings (SSSR count). The average Bonchev–Trinajstić information content (AvgIpc) is 1.85. The Hall–Kier alpha value is 0.930. The minimum Gasteiger partial charge on any atom is -0.147 e. The molecule has 0 spiro atoms. The molecule has 57 valence electrons. The van der Waals surface area contributed by atoms with Crippen molar-refractivity contribution in [2.45, 2.75) is 13.8 Å². The molecule has 0 saturated heterocycles. The molecule has 1 aliphatic carbocycles. The van der Waals surface area contributed by atoms with Gasteiger partial charge in [-0.3, -0.25) is 0 Å². The van der Waals surface area contributed by atoms with Gasteiger partial charge in [-0.25, -0.2) is 0 Å². The third-order valence-electron chi connectivity index (χ3n) is 1.39. The maximum atomic E-state index is 2.32. The van der Waals surface area contributed by atoms with Crippen LogP contribution in [0, 0.1) is 5.92 Å². The van der Waals surface area contributed by atoms with E-state index in [0.29, 0.717) is 0 Å². The predicted molar refractivity (Wildman–Crippen MR) is 45.5 cm³/mol. The second-order valence-corrected chi connectivity index (χ2v) is 4.37. The van der Waals surface area contributed by atoms with E-state index in [1.165, 1.54) is 29.9 Å². The summed E-state index contributed by atoms with van der Waals surface area (Å²) in [5.41, 5.74) is 1.45. The molecule has 0 N–H and O–H groups in total. The Morgan fingerprint density at radius 2 is 1.90 bits per heavy atom. The van der Waals surface area contributed by atoms with E-state index in [1.807, 2.05) is 0 Å². The topological polar surface area (TPSA) is 0 Å². The van der Waals surface area contributed by atoms with E-state index < -0.39 is 0 Å². The van der Waals surface area contributed by atoms with Crippen LogP contribution < -0.4 is 0 Å². The summed E-state index contributed by atoms with van der Waals surface area (Å²) in [6.07, 6.45) is 4.62. The van der Waals surface area contributed by atoms with Crippen LogP contribution in [0.5, 0.6) is 0 Å². The van der Waals surface area contributed by atoms with Crippen molar-refractivity contribution in [1.29, 1.82) is 0 Å². The number of hydrogen-bond donors (Lipinski definition) is 0. The van der Waals surface area contributed by atoms with Crippen LogP contribution >= 0.6 is 24.8 Å². The van der Waals surface area contributed by atoms with Gasteiger partial charge in [-0.05, 0) is 0 Å². The molecule has 0 nitrogen and oxygen atoms in total. The Morgan fingerprint density at radius 1 is 1.40 bits per heavy atom. The van der Waals surface area contributed by atoms with Gasteiger partial charge in [-0.15, -0.1) is 24.8 Å². The normalized spacial score (nSPS) is 21.9. The monoisotopic (exact) mass is 345 g/mol. The molecule has 3 heteroatoms. The maximum Gasteiger partial charge on any atom is -0.147 e. The van der Waals surface area contributed by atoms with E-state index in [-0.39, 0.29) is 24.8 Å². The van der Waals surface area contributed by atoms with E-state index in [9.17, 15) is 0 Å². The first-order chi connectivity index (χ1) is 3.70. The molecule has 0 aromatic heterocycles. The first-order valence-electron chi connectivity index (χ1n) is 2.82. The van der Waals surface area contributed by atoms with Crippen LogP contribution in [0.4, 0.5) is 0 Å². The smallest absolute Gasteiger partial charge is 0.147 e. The van der Waals surface area contributed by atoms with Gasteiger partial charge in [0.2, 0.25) is 0 Å². The van der Waals surface area contributed by atoms with E-state index in [0.717, 1.165) is 5.92 Å². The van der Waals surface area contributed by atoms with Crippen molar-refractivity contribution < 1.29 is 24.4 Å². The third kappa shape index (κ3) is 3.36. The number of halogens is 2. The number of rotatable bonds is 0. The summed E-state index contributed by atoms with van der Waals surface area (Å²) in [6, 6.07) is 0. The molecule has 1 unspecified atom stereocenters. The van der Waals surface area contributed by atoms with E-state index >= 15 is 0 Å². The molecule has 0 heterocycles. The standard InChI is InChI=1S/C7H9.2ClH.Hf/c1-6-3-4-7(2)5-6;;;/h3,5,7H,1-2H3;2*1H;. The van der Waals surface area contributed by atoms with Gasteiger partial charge in [0, 0.05) is 0 Å². The quantitative estimate of drug-likeness (QED) is 0.593. The van der Waals surface area contributed by atoms with Crippen LogP contribution in [0.15, 0.2) is 21.1 Å². The zero-order chi connectivity index (χ0) is 6.15. The fourth-order valence-electron chi connectivity index (χ4n) is 0.909. The van der Waals surface area contributed by atoms with Gasteiger partial charge in [0.05, 0.1) is 0 Å². The van der Waals surface area contributed by atoms with Gasteiger partial charge in [-0.1, -0.05) is 0 Å². The van der Waals surface area contributed by atoms with Crippen LogP contribution in [-0.4, -0.2) is 0 Å². The van der Waals surface area contributed by atoms with Crippen LogP contribution in [0.1, 0.15) is 13.8 Å². The van der Waals surface area contributed by atoms with Crippen LogP contribution in [0.2, 0.25) is 0 Å². The van der Waals surface area contributed by atoms with Gasteiger partial charge in [0.25, 0.3) is 0 Å². The summed E-state index contributed by atoms with van der Waals surface area (Å²) in [5.74, 6) is 0.752. The summed E-state index contributed by atoms with van der Waals surface area (Å²) in [5, 5.41) is 0. The van der Waals surface area contributed by atoms with Crippen molar-refractivity contribution in [3.05, 3.63) is 21.1 Å². The maximum absolute atomic E-state index is 2.32. The average molecular weight is 345 g/mol. The minimum absolute atomic E-state index is 0. The summed E-state index contributed by atoms with van der Waals surface area (Å²) in [7, 11) is 0. The Balaban J connectivity index is 0. The van der Waals surface area contributed by atoms with Crippen molar-refractivity contribution in [2.24, 2.45) is 5.92 Å². The zero-order valence-corrected chi connectivity index (χ0v) is 11.3. The van der Waals surface area contributed by atoms with Crippen LogP contribution in [0.3, 0.4) is 0 Å². The van der Waals surface area contributed by atoms with Gasteiger partial charge in [0.1, 0.15) is 0 Å². The first-order valence-corrected chi connectivity index (χ1v) is 4.61. The third-order valence-corrected chi connectivity index (χ3v) is 3.54. The molecule has 1 atom stereocenters. The molecule has 10 heavy (non-hydrogen) atoms. The van der Waals surface area contributed by atoms with Crippen molar-refractivity contribution in [2.75, 3.05) is 0 Å². The van der Waals surface area contributed by atoms with Crippen LogP contribution in [-0.2, 0) is 24.4 Å². The molecule has 0 saturated carbocycles. The molecule has 0 aromatic rings. The number of allylic oxidation sites excluding steroid dienone is 4. The Kier molecular flexibility index (Phi) is 7.52. The summed E-state index contributed by atoms with van der Waals surface area (Å²) < 4.78 is 1.63. The Bertz CT molecular complexity index is 161. The fraction of sp³-hybridized carbons (Fsp3) is 0.429. The van der Waals surface area contributed by atoms with Gasteiger partial charge < -0.3 is 0 Å². The molecule has 0 aromatic carbocycles. The van der Waals surface area contributed by atoms with E-state index in [2.05, 4.69) is 26.0 Å². The van der Waals surface area contributed by atoms with Crippen molar-refractivity contribution in [3.63, 3.8) is 0 Å². The van der Waals surface area contributed by atoms with E-state index in [1.54, 1.807) is 3.33 Å². The van der Waals surface area contributed by atoms with Gasteiger partial charge in [-0.2, -0.15) is 0 Å². The molecule has 0 fully saturated rings. The Morgan fingerprint density at radius 3 is 2.00 bits per heavy atom. The largest absolute Gasteiger partial charge is 0.147 e. The zero-order valence-electron chi connectivity index (χ0n) is 6.05.